The van der Waals surface area contributed by atoms with Gasteiger partial charge >= 0.3 is 17.9 Å². The molecule has 0 rings (SSSR count). The molecular formula is C41H75NO6. The first kappa shape index (κ1) is 45.9. The first-order valence-electron chi connectivity index (χ1n) is 19.3. The van der Waals surface area contributed by atoms with E-state index in [-0.39, 0.29) is 34.8 Å². The van der Waals surface area contributed by atoms with Crippen LogP contribution in [0.5, 0.6) is 0 Å². The van der Waals surface area contributed by atoms with Gasteiger partial charge in [0, 0.05) is 19.4 Å². The molecule has 0 aromatic rings. The molecule has 0 fully saturated rings. The minimum atomic E-state index is -0.138. The van der Waals surface area contributed by atoms with Crippen LogP contribution in [0.25, 0.3) is 0 Å². The molecule has 0 amide bonds. The van der Waals surface area contributed by atoms with Crippen LogP contribution in [0.3, 0.4) is 0 Å². The zero-order valence-electron chi connectivity index (χ0n) is 32.5. The normalized spacial score (nSPS) is 12.5. The van der Waals surface area contributed by atoms with Crippen LogP contribution in [0.2, 0.25) is 0 Å². The zero-order chi connectivity index (χ0) is 36.1. The quantitative estimate of drug-likeness (QED) is 0.0312. The van der Waals surface area contributed by atoms with Crippen molar-refractivity contribution < 1.29 is 28.6 Å². The van der Waals surface area contributed by atoms with E-state index in [2.05, 4.69) is 72.7 Å². The topological polar surface area (TPSA) is 82.1 Å². The lowest BCUT2D eigenvalue weighted by Gasteiger charge is -2.36. The Morgan fingerprint density at radius 1 is 0.604 bits per heavy atom. The average Bonchev–Trinajstić information content (AvgIpc) is 2.98. The van der Waals surface area contributed by atoms with Crippen molar-refractivity contribution in [2.24, 2.45) is 10.8 Å². The number of esters is 3. The van der Waals surface area contributed by atoms with Gasteiger partial charge in [-0.1, -0.05) is 117 Å². The molecule has 0 aromatic heterocycles. The molecule has 0 N–H and O–H groups in total. The Kier molecular flexibility index (Phi) is 27.4. The van der Waals surface area contributed by atoms with E-state index in [4.69, 9.17) is 14.2 Å². The van der Waals surface area contributed by atoms with Crippen molar-refractivity contribution in [2.45, 2.75) is 176 Å². The second kappa shape index (κ2) is 28.7. The number of ether oxygens (including phenoxy) is 3. The second-order valence-corrected chi connectivity index (χ2v) is 15.5. The standard InChI is InChI=1S/C41H75NO6/c1-9-11-13-25-31-46-37(43)29-23-19-15-17-21-27-36(48-39(45)33-40(3,4)34-41(5,6)35-42(7)8)28-22-18-16-20-24-30-38(44)47-32-26-14-12-10-2/h13-14,25-26,36H,9-12,15-24,27-35H2,1-8H3/b25-13-,26-14-. The molecule has 7 heteroatoms. The van der Waals surface area contributed by atoms with Crippen molar-refractivity contribution in [2.75, 3.05) is 33.9 Å². The molecule has 0 bridgehead atoms. The lowest BCUT2D eigenvalue weighted by atomic mass is 9.73. The van der Waals surface area contributed by atoms with E-state index in [9.17, 15) is 14.4 Å². The van der Waals surface area contributed by atoms with Gasteiger partial charge in [0.2, 0.25) is 0 Å². The van der Waals surface area contributed by atoms with E-state index in [0.29, 0.717) is 32.5 Å². The van der Waals surface area contributed by atoms with Gasteiger partial charge in [0.25, 0.3) is 0 Å². The summed E-state index contributed by atoms with van der Waals surface area (Å²) < 4.78 is 16.7. The maximum Gasteiger partial charge on any atom is 0.306 e. The third kappa shape index (κ3) is 29.9. The van der Waals surface area contributed by atoms with E-state index in [0.717, 1.165) is 116 Å². The van der Waals surface area contributed by atoms with Crippen molar-refractivity contribution in [3.63, 3.8) is 0 Å². The van der Waals surface area contributed by atoms with Crippen LogP contribution in [0.1, 0.15) is 170 Å². The van der Waals surface area contributed by atoms with Gasteiger partial charge in [-0.3, -0.25) is 14.4 Å². The summed E-state index contributed by atoms with van der Waals surface area (Å²) in [5.41, 5.74) is -0.0292. The Morgan fingerprint density at radius 3 is 1.48 bits per heavy atom. The van der Waals surface area contributed by atoms with Gasteiger partial charge in [-0.05, 0) is 82.7 Å². The maximum absolute atomic E-state index is 13.2. The fraction of sp³-hybridized carbons (Fsp3) is 0.829. The Balaban J connectivity index is 4.63. The Morgan fingerprint density at radius 2 is 1.04 bits per heavy atom. The summed E-state index contributed by atoms with van der Waals surface area (Å²) in [6.45, 7) is 14.9. The highest BCUT2D eigenvalue weighted by atomic mass is 16.5. The van der Waals surface area contributed by atoms with Crippen molar-refractivity contribution >= 4 is 17.9 Å². The summed E-state index contributed by atoms with van der Waals surface area (Å²) in [4.78, 5) is 39.2. The maximum atomic E-state index is 13.2. The van der Waals surface area contributed by atoms with Crippen LogP contribution in [-0.2, 0) is 28.6 Å². The van der Waals surface area contributed by atoms with Gasteiger partial charge in [-0.15, -0.1) is 0 Å². The number of rotatable bonds is 31. The molecule has 0 aliphatic heterocycles. The molecule has 0 saturated carbocycles. The van der Waals surface area contributed by atoms with Gasteiger partial charge in [-0.25, -0.2) is 0 Å². The van der Waals surface area contributed by atoms with E-state index in [1.807, 2.05) is 12.2 Å². The highest BCUT2D eigenvalue weighted by molar-refractivity contribution is 5.70. The van der Waals surface area contributed by atoms with E-state index in [1.165, 1.54) is 0 Å². The average molecular weight is 678 g/mol. The lowest BCUT2D eigenvalue weighted by Crippen LogP contribution is -2.34. The van der Waals surface area contributed by atoms with Crippen molar-refractivity contribution in [1.29, 1.82) is 0 Å². The third-order valence-corrected chi connectivity index (χ3v) is 8.36. The number of unbranched alkanes of at least 4 members (excludes halogenated alkanes) is 10. The first-order chi connectivity index (χ1) is 22.8. The largest absolute Gasteiger partial charge is 0.462 e. The van der Waals surface area contributed by atoms with Crippen LogP contribution < -0.4 is 0 Å². The molecule has 0 aliphatic rings. The second-order valence-electron chi connectivity index (χ2n) is 15.5. The van der Waals surface area contributed by atoms with E-state index >= 15 is 0 Å². The Hall–Kier alpha value is -2.15. The molecular weight excluding hydrogens is 602 g/mol. The third-order valence-electron chi connectivity index (χ3n) is 8.36. The number of hydrogen-bond acceptors (Lipinski definition) is 7. The summed E-state index contributed by atoms with van der Waals surface area (Å²) in [5, 5.41) is 0. The first-order valence-corrected chi connectivity index (χ1v) is 19.3. The number of nitrogens with zero attached hydrogens (tertiary/aromatic N) is 1. The van der Waals surface area contributed by atoms with Gasteiger partial charge in [0.15, 0.2) is 0 Å². The Labute approximate surface area is 296 Å². The zero-order valence-corrected chi connectivity index (χ0v) is 32.5. The van der Waals surface area contributed by atoms with Crippen molar-refractivity contribution in [1.82, 2.24) is 4.90 Å². The lowest BCUT2D eigenvalue weighted by molar-refractivity contribution is -0.152. The van der Waals surface area contributed by atoms with Crippen molar-refractivity contribution in [3.05, 3.63) is 24.3 Å². The van der Waals surface area contributed by atoms with Crippen LogP contribution >= 0.6 is 0 Å². The summed E-state index contributed by atoms with van der Waals surface area (Å²) in [7, 11) is 4.19. The van der Waals surface area contributed by atoms with Gasteiger partial charge in [-0.2, -0.15) is 0 Å². The number of allylic oxidation sites excluding steroid dienone is 2. The van der Waals surface area contributed by atoms with Crippen LogP contribution in [0, 0.1) is 10.8 Å². The fourth-order valence-electron chi connectivity index (χ4n) is 6.63. The molecule has 48 heavy (non-hydrogen) atoms. The molecule has 0 spiro atoms. The van der Waals surface area contributed by atoms with Crippen LogP contribution in [0.15, 0.2) is 24.3 Å². The highest BCUT2D eigenvalue weighted by Crippen LogP contribution is 2.37. The number of carbonyl (C=O) groups is 3. The smallest absolute Gasteiger partial charge is 0.306 e. The Bertz CT molecular complexity index is 845. The van der Waals surface area contributed by atoms with E-state index in [1.54, 1.807) is 0 Å². The molecule has 0 radical (unpaired) electrons. The highest BCUT2D eigenvalue weighted by Gasteiger charge is 2.32. The summed E-state index contributed by atoms with van der Waals surface area (Å²) in [5.74, 6) is -0.325. The minimum absolute atomic E-state index is 0.0606. The molecule has 0 unspecified atom stereocenters. The fourth-order valence-corrected chi connectivity index (χ4v) is 6.63. The summed E-state index contributed by atoms with van der Waals surface area (Å²) in [6.07, 6.45) is 26.2. The minimum Gasteiger partial charge on any atom is -0.462 e. The number of hydrogen-bond donors (Lipinski definition) is 0. The van der Waals surface area contributed by atoms with Crippen molar-refractivity contribution in [3.8, 4) is 0 Å². The molecule has 0 aromatic carbocycles. The number of carbonyl (C=O) groups excluding carboxylic acids is 3. The summed E-state index contributed by atoms with van der Waals surface area (Å²) >= 11 is 0. The SMILES string of the molecule is CCC/C=C\COC(=O)CCCCCCCC(CCCCCCCC(=O)OC/C=C\CCC)OC(=O)CC(C)(C)CC(C)(C)CN(C)C. The summed E-state index contributed by atoms with van der Waals surface area (Å²) in [6, 6.07) is 0. The molecule has 0 heterocycles. The molecule has 7 nitrogen and oxygen atoms in total. The molecule has 0 saturated heterocycles. The molecule has 0 aliphatic carbocycles. The van der Waals surface area contributed by atoms with Gasteiger partial charge in [0.05, 0.1) is 6.42 Å². The predicted octanol–water partition coefficient (Wildman–Crippen LogP) is 10.6. The van der Waals surface area contributed by atoms with Crippen LogP contribution in [-0.4, -0.2) is 62.8 Å². The molecule has 0 atom stereocenters. The monoisotopic (exact) mass is 678 g/mol. The van der Waals surface area contributed by atoms with E-state index < -0.39 is 0 Å². The van der Waals surface area contributed by atoms with Gasteiger partial charge in [0.1, 0.15) is 19.3 Å². The predicted molar refractivity (Wildman–Crippen MR) is 200 cm³/mol. The van der Waals surface area contributed by atoms with Crippen LogP contribution in [0.4, 0.5) is 0 Å². The van der Waals surface area contributed by atoms with Gasteiger partial charge < -0.3 is 19.1 Å². The molecule has 280 valence electrons.